The van der Waals surface area contributed by atoms with Gasteiger partial charge in [0.05, 0.1) is 19.3 Å². The van der Waals surface area contributed by atoms with E-state index in [1.807, 2.05) is 0 Å². The lowest BCUT2D eigenvalue weighted by Gasteiger charge is -2.42. The molecule has 1 saturated carbocycles. The van der Waals surface area contributed by atoms with E-state index in [0.717, 1.165) is 18.9 Å². The molecule has 1 aliphatic carbocycles. The summed E-state index contributed by atoms with van der Waals surface area (Å²) in [7, 11) is 0. The largest absolute Gasteiger partial charge is 0.377 e. The summed E-state index contributed by atoms with van der Waals surface area (Å²) >= 11 is 0. The molecule has 1 heterocycles. The topological polar surface area (TPSA) is 58.0 Å². The fourth-order valence-electron chi connectivity index (χ4n) is 2.84. The van der Waals surface area contributed by atoms with Gasteiger partial charge in [0.2, 0.25) is 0 Å². The lowest BCUT2D eigenvalue weighted by Crippen LogP contribution is -2.36. The zero-order valence-electron chi connectivity index (χ0n) is 7.94. The van der Waals surface area contributed by atoms with E-state index in [4.69, 9.17) is 10.3 Å². The number of ether oxygens (including phenoxy) is 1. The van der Waals surface area contributed by atoms with Crippen LogP contribution in [0, 0.1) is 11.3 Å². The van der Waals surface area contributed by atoms with Gasteiger partial charge in [0, 0.05) is 4.91 Å². The Bertz CT molecular complexity index is 241. The molecule has 0 radical (unpaired) electrons. The van der Waals surface area contributed by atoms with Crippen LogP contribution in [0.1, 0.15) is 26.2 Å². The van der Waals surface area contributed by atoms with Crippen molar-refractivity contribution in [1.29, 1.82) is 0 Å². The summed E-state index contributed by atoms with van der Waals surface area (Å²) in [6, 6.07) is 0. The fourth-order valence-corrected chi connectivity index (χ4v) is 2.84. The van der Waals surface area contributed by atoms with Gasteiger partial charge in [-0.3, -0.25) is 0 Å². The molecule has 72 valence electrons. The first-order chi connectivity index (χ1) is 6.24. The molecule has 0 unspecified atom stereocenters. The van der Waals surface area contributed by atoms with Gasteiger partial charge < -0.3 is 4.74 Å². The van der Waals surface area contributed by atoms with Crippen molar-refractivity contribution in [1.82, 2.24) is 0 Å². The number of hydrogen-bond donors (Lipinski definition) is 0. The lowest BCUT2D eigenvalue weighted by atomic mass is 9.62. The molecule has 2 fully saturated rings. The Labute approximate surface area is 77.9 Å². The van der Waals surface area contributed by atoms with Gasteiger partial charge in [0.15, 0.2) is 0 Å². The van der Waals surface area contributed by atoms with E-state index in [0.29, 0.717) is 12.0 Å². The summed E-state index contributed by atoms with van der Waals surface area (Å²) in [6.45, 7) is 3.67. The first kappa shape index (κ1) is 8.85. The molecule has 1 atom stereocenters. The van der Waals surface area contributed by atoms with Gasteiger partial charge in [-0.05, 0) is 36.1 Å². The SMILES string of the molecule is CC1CC2(CO[C@H](CN=[N+]=[N-])C2)C1. The molecule has 0 aromatic rings. The minimum absolute atomic E-state index is 0.184. The van der Waals surface area contributed by atoms with Crippen LogP contribution in [0.3, 0.4) is 0 Å². The molecule has 2 rings (SSSR count). The normalized spacial score (nSPS) is 42.8. The third-order valence-corrected chi connectivity index (χ3v) is 3.20. The van der Waals surface area contributed by atoms with Gasteiger partial charge in [0.25, 0.3) is 0 Å². The monoisotopic (exact) mass is 181 g/mol. The number of nitrogens with zero attached hydrogens (tertiary/aromatic N) is 3. The molecule has 4 heteroatoms. The van der Waals surface area contributed by atoms with Crippen LogP contribution in [0.2, 0.25) is 0 Å². The second-order valence-electron chi connectivity index (χ2n) is 4.56. The van der Waals surface area contributed by atoms with E-state index in [1.165, 1.54) is 12.8 Å². The van der Waals surface area contributed by atoms with Crippen LogP contribution in [-0.2, 0) is 4.74 Å². The molecule has 0 amide bonds. The number of rotatable bonds is 2. The van der Waals surface area contributed by atoms with Crippen LogP contribution < -0.4 is 0 Å². The van der Waals surface area contributed by atoms with Crippen molar-refractivity contribution in [3.05, 3.63) is 10.4 Å². The molecule has 4 nitrogen and oxygen atoms in total. The Morgan fingerprint density at radius 2 is 2.31 bits per heavy atom. The zero-order valence-corrected chi connectivity index (χ0v) is 7.94. The van der Waals surface area contributed by atoms with Crippen molar-refractivity contribution >= 4 is 0 Å². The van der Waals surface area contributed by atoms with Gasteiger partial charge in [-0.1, -0.05) is 12.0 Å². The average Bonchev–Trinajstić information content (AvgIpc) is 2.45. The second-order valence-corrected chi connectivity index (χ2v) is 4.56. The highest BCUT2D eigenvalue weighted by atomic mass is 16.5. The lowest BCUT2D eigenvalue weighted by molar-refractivity contribution is 0.0392. The third-order valence-electron chi connectivity index (χ3n) is 3.20. The van der Waals surface area contributed by atoms with E-state index >= 15 is 0 Å². The third kappa shape index (κ3) is 1.64. The standard InChI is InChI=1S/C9H15N3O/c1-7-2-9(3-7)4-8(13-6-9)5-11-12-10/h7-8H,2-6H2,1H3/t7?,8-,9?/m0/s1. The van der Waals surface area contributed by atoms with Gasteiger partial charge >= 0.3 is 0 Å². The molecular formula is C9H15N3O. The summed E-state index contributed by atoms with van der Waals surface area (Å²) in [6.07, 6.45) is 3.86. The second kappa shape index (κ2) is 3.20. The maximum Gasteiger partial charge on any atom is 0.0637 e. The van der Waals surface area contributed by atoms with Crippen LogP contribution >= 0.6 is 0 Å². The Morgan fingerprint density at radius 1 is 1.54 bits per heavy atom. The van der Waals surface area contributed by atoms with E-state index in [9.17, 15) is 0 Å². The van der Waals surface area contributed by atoms with E-state index < -0.39 is 0 Å². The quantitative estimate of drug-likeness (QED) is 0.367. The first-order valence-corrected chi connectivity index (χ1v) is 4.87. The molecule has 0 N–H and O–H groups in total. The van der Waals surface area contributed by atoms with Gasteiger partial charge in [0.1, 0.15) is 0 Å². The van der Waals surface area contributed by atoms with Crippen molar-refractivity contribution in [3.63, 3.8) is 0 Å². The van der Waals surface area contributed by atoms with Gasteiger partial charge in [-0.15, -0.1) is 0 Å². The number of hydrogen-bond acceptors (Lipinski definition) is 2. The molecule has 2 aliphatic rings. The molecule has 1 aliphatic heterocycles. The molecule has 13 heavy (non-hydrogen) atoms. The highest BCUT2D eigenvalue weighted by Crippen LogP contribution is 2.52. The molecular weight excluding hydrogens is 166 g/mol. The van der Waals surface area contributed by atoms with Crippen molar-refractivity contribution in [2.45, 2.75) is 32.3 Å². The Balaban J connectivity index is 1.84. The highest BCUT2D eigenvalue weighted by Gasteiger charge is 2.47. The molecule has 1 saturated heterocycles. The Hall–Kier alpha value is -0.730. The van der Waals surface area contributed by atoms with Crippen molar-refractivity contribution in [2.24, 2.45) is 16.4 Å². The van der Waals surface area contributed by atoms with Crippen LogP contribution in [-0.4, -0.2) is 19.3 Å². The maximum absolute atomic E-state index is 8.17. The summed E-state index contributed by atoms with van der Waals surface area (Å²) in [5, 5.41) is 3.55. The molecule has 0 aromatic carbocycles. The van der Waals surface area contributed by atoms with Gasteiger partial charge in [-0.2, -0.15) is 0 Å². The average molecular weight is 181 g/mol. The summed E-state index contributed by atoms with van der Waals surface area (Å²) < 4.78 is 5.60. The van der Waals surface area contributed by atoms with E-state index in [2.05, 4.69) is 16.9 Å². The van der Waals surface area contributed by atoms with E-state index in [-0.39, 0.29) is 6.10 Å². The molecule has 0 aromatic heterocycles. The predicted octanol–water partition coefficient (Wildman–Crippen LogP) is 2.50. The van der Waals surface area contributed by atoms with Crippen LogP contribution in [0.25, 0.3) is 10.4 Å². The fraction of sp³-hybridized carbons (Fsp3) is 1.00. The van der Waals surface area contributed by atoms with Crippen molar-refractivity contribution in [3.8, 4) is 0 Å². The highest BCUT2D eigenvalue weighted by molar-refractivity contribution is 4.97. The van der Waals surface area contributed by atoms with Crippen LogP contribution in [0.5, 0.6) is 0 Å². The van der Waals surface area contributed by atoms with Crippen molar-refractivity contribution < 1.29 is 4.74 Å². The van der Waals surface area contributed by atoms with E-state index in [1.54, 1.807) is 0 Å². The zero-order chi connectivity index (χ0) is 9.31. The van der Waals surface area contributed by atoms with Crippen LogP contribution in [0.4, 0.5) is 0 Å². The first-order valence-electron chi connectivity index (χ1n) is 4.87. The minimum Gasteiger partial charge on any atom is -0.377 e. The predicted molar refractivity (Wildman–Crippen MR) is 49.2 cm³/mol. The molecule has 1 spiro atoms. The Morgan fingerprint density at radius 3 is 2.92 bits per heavy atom. The summed E-state index contributed by atoms with van der Waals surface area (Å²) in [4.78, 5) is 2.75. The summed E-state index contributed by atoms with van der Waals surface area (Å²) in [5.41, 5.74) is 8.63. The van der Waals surface area contributed by atoms with Gasteiger partial charge in [-0.25, -0.2) is 0 Å². The molecule has 0 bridgehead atoms. The number of azide groups is 1. The minimum atomic E-state index is 0.184. The van der Waals surface area contributed by atoms with Crippen molar-refractivity contribution in [2.75, 3.05) is 13.2 Å². The van der Waals surface area contributed by atoms with Crippen LogP contribution in [0.15, 0.2) is 5.11 Å². The summed E-state index contributed by atoms with van der Waals surface area (Å²) in [5.74, 6) is 0.863. The smallest absolute Gasteiger partial charge is 0.0637 e. The maximum atomic E-state index is 8.17. The Kier molecular flexibility index (Phi) is 2.18.